The van der Waals surface area contributed by atoms with E-state index in [4.69, 9.17) is 18.7 Å². The molecule has 2 saturated heterocycles. The van der Waals surface area contributed by atoms with E-state index in [1.165, 1.54) is 24.7 Å². The van der Waals surface area contributed by atoms with Crippen LogP contribution >= 0.6 is 0 Å². The number of carbonyl (C=O) groups is 4. The van der Waals surface area contributed by atoms with Gasteiger partial charge in [-0.2, -0.15) is 0 Å². The van der Waals surface area contributed by atoms with Crippen LogP contribution in [0, 0.1) is 12.8 Å². The molecule has 4 atom stereocenters. The molecule has 11 heteroatoms. The number of piperidine rings is 1. The zero-order valence-electron chi connectivity index (χ0n) is 25.4. The van der Waals surface area contributed by atoms with E-state index >= 15 is 0 Å². The lowest BCUT2D eigenvalue weighted by molar-refractivity contribution is -0.139. The lowest BCUT2D eigenvalue weighted by Crippen LogP contribution is -2.46. The molecule has 0 bridgehead atoms. The van der Waals surface area contributed by atoms with Crippen molar-refractivity contribution in [2.75, 3.05) is 19.7 Å². The van der Waals surface area contributed by atoms with Gasteiger partial charge in [0.15, 0.2) is 0 Å². The molecule has 2 amide bonds. The van der Waals surface area contributed by atoms with Crippen molar-refractivity contribution in [2.45, 2.75) is 70.1 Å². The first-order valence-electron chi connectivity index (χ1n) is 15.5. The van der Waals surface area contributed by atoms with Crippen LogP contribution in [0.5, 0.6) is 5.75 Å². The number of nitrogens with zero attached hydrogens (tertiary/aromatic N) is 2. The van der Waals surface area contributed by atoms with Crippen molar-refractivity contribution in [1.29, 1.82) is 0 Å². The van der Waals surface area contributed by atoms with Gasteiger partial charge in [-0.05, 0) is 80.8 Å². The van der Waals surface area contributed by atoms with Crippen molar-refractivity contribution in [3.63, 3.8) is 0 Å². The quantitative estimate of drug-likeness (QED) is 0.327. The number of hydrogen-bond donors (Lipinski definition) is 1. The maximum Gasteiger partial charge on any atom is 0.338 e. The van der Waals surface area contributed by atoms with Crippen molar-refractivity contribution in [3.05, 3.63) is 82.7 Å². The van der Waals surface area contributed by atoms with Gasteiger partial charge in [-0.15, -0.1) is 0 Å². The zero-order valence-corrected chi connectivity index (χ0v) is 25.4. The first kappa shape index (κ1) is 30.4. The van der Waals surface area contributed by atoms with E-state index in [2.05, 4.69) is 22.6 Å². The Morgan fingerprint density at radius 3 is 2.44 bits per heavy atom. The summed E-state index contributed by atoms with van der Waals surface area (Å²) in [7, 11) is 0. The summed E-state index contributed by atoms with van der Waals surface area (Å²) in [5.41, 5.74) is 3.42. The number of esters is 2. The van der Waals surface area contributed by atoms with Gasteiger partial charge in [0.1, 0.15) is 36.4 Å². The minimum absolute atomic E-state index is 0.0908. The number of hydrogen-bond acceptors (Lipinski definition) is 9. The van der Waals surface area contributed by atoms with E-state index in [1.54, 1.807) is 36.1 Å². The normalized spacial score (nSPS) is 21.0. The molecule has 236 valence electrons. The van der Waals surface area contributed by atoms with Crippen LogP contribution in [0.2, 0.25) is 0 Å². The fourth-order valence-electron chi connectivity index (χ4n) is 5.90. The largest absolute Gasteiger partial charge is 0.484 e. The Kier molecular flexibility index (Phi) is 8.86. The highest BCUT2D eigenvalue weighted by atomic mass is 16.5. The summed E-state index contributed by atoms with van der Waals surface area (Å²) in [6.07, 6.45) is 4.21. The molecule has 2 aromatic carbocycles. The van der Waals surface area contributed by atoms with Crippen molar-refractivity contribution in [2.24, 2.45) is 5.92 Å². The summed E-state index contributed by atoms with van der Waals surface area (Å²) in [4.78, 5) is 51.9. The second kappa shape index (κ2) is 13.1. The van der Waals surface area contributed by atoms with Crippen LogP contribution in [0.4, 0.5) is 0 Å². The monoisotopic (exact) mass is 615 g/mol. The fraction of sp³-hybridized carbons (Fsp3) is 0.441. The van der Waals surface area contributed by atoms with Crippen molar-refractivity contribution < 1.29 is 37.9 Å². The Bertz CT molecular complexity index is 1550. The Balaban J connectivity index is 1.10. The van der Waals surface area contributed by atoms with E-state index < -0.39 is 30.1 Å². The minimum atomic E-state index is -0.522. The van der Waals surface area contributed by atoms with Gasteiger partial charge < -0.3 is 29.0 Å². The van der Waals surface area contributed by atoms with E-state index in [0.717, 1.165) is 5.56 Å². The molecule has 3 aromatic rings. The third-order valence-electron chi connectivity index (χ3n) is 8.65. The maximum atomic E-state index is 13.0. The molecule has 0 unspecified atom stereocenters. The predicted octanol–water partition coefficient (Wildman–Crippen LogP) is 4.51. The molecule has 11 nitrogen and oxygen atoms in total. The molecule has 3 aliphatic rings. The molecular formula is C34H37N3O8. The molecule has 1 N–H and O–H groups in total. The number of carbonyl (C=O) groups excluding carboxylic acids is 4. The Hall–Kier alpha value is -4.67. The molecular weight excluding hydrogens is 578 g/mol. The highest BCUT2D eigenvalue weighted by molar-refractivity contribution is 5.95. The smallest absolute Gasteiger partial charge is 0.338 e. The summed E-state index contributed by atoms with van der Waals surface area (Å²) >= 11 is 0. The van der Waals surface area contributed by atoms with E-state index in [1.807, 2.05) is 19.1 Å². The van der Waals surface area contributed by atoms with Crippen molar-refractivity contribution in [3.8, 4) is 5.75 Å². The molecule has 3 heterocycles. The molecule has 45 heavy (non-hydrogen) atoms. The van der Waals surface area contributed by atoms with Gasteiger partial charge in [-0.1, -0.05) is 29.4 Å². The predicted molar refractivity (Wildman–Crippen MR) is 160 cm³/mol. The number of benzene rings is 2. The average molecular weight is 616 g/mol. The van der Waals surface area contributed by atoms with Crippen LogP contribution < -0.4 is 10.1 Å². The molecule has 6 rings (SSSR count). The lowest BCUT2D eigenvalue weighted by Gasteiger charge is -2.33. The number of ether oxygens (including phenoxy) is 3. The van der Waals surface area contributed by atoms with Crippen molar-refractivity contribution >= 4 is 23.8 Å². The third-order valence-corrected chi connectivity index (χ3v) is 8.65. The second-order valence-corrected chi connectivity index (χ2v) is 12.1. The molecule has 1 saturated carbocycles. The van der Waals surface area contributed by atoms with Gasteiger partial charge in [0.05, 0.1) is 36.2 Å². The van der Waals surface area contributed by atoms with Gasteiger partial charge >= 0.3 is 11.9 Å². The Labute approximate surface area is 261 Å². The Morgan fingerprint density at radius 1 is 1.04 bits per heavy atom. The number of nitrogens with one attached hydrogen (secondary N) is 1. The van der Waals surface area contributed by atoms with Crippen LogP contribution in [0.3, 0.4) is 0 Å². The topological polar surface area (TPSA) is 137 Å². The molecule has 3 fully saturated rings. The first-order chi connectivity index (χ1) is 21.7. The number of aryl methyl sites for hydroxylation is 1. The number of amides is 2. The SMILES string of the molecule is Cc1nocc1C(=O)N[C@@H](C)[C@H](Oc1ccc(C(=O)O[C@H]2CCCN(C(=O)[C@H]3COC(=O)C3)C2)cc1)c1ccc(C2CC2)cc1. The maximum absolute atomic E-state index is 13.0. The molecule has 2 aliphatic heterocycles. The van der Waals surface area contributed by atoms with Crippen LogP contribution in [-0.4, -0.2) is 65.7 Å². The second-order valence-electron chi connectivity index (χ2n) is 12.1. The van der Waals surface area contributed by atoms with Crippen LogP contribution in [0.1, 0.15) is 88.6 Å². The Morgan fingerprint density at radius 2 is 1.80 bits per heavy atom. The average Bonchev–Trinajstić information content (AvgIpc) is 3.66. The van der Waals surface area contributed by atoms with Gasteiger partial charge in [0, 0.05) is 6.54 Å². The highest BCUT2D eigenvalue weighted by Crippen LogP contribution is 2.40. The third kappa shape index (κ3) is 7.19. The van der Waals surface area contributed by atoms with Crippen molar-refractivity contribution in [1.82, 2.24) is 15.4 Å². The number of likely N-dealkylation sites (tertiary alicyclic amines) is 1. The van der Waals surface area contributed by atoms with Gasteiger partial charge in [0.25, 0.3) is 5.91 Å². The summed E-state index contributed by atoms with van der Waals surface area (Å²) in [6, 6.07) is 14.6. The first-order valence-corrected chi connectivity index (χ1v) is 15.5. The van der Waals surface area contributed by atoms with Crippen LogP contribution in [0.25, 0.3) is 0 Å². The fourth-order valence-corrected chi connectivity index (χ4v) is 5.90. The number of rotatable bonds is 10. The van der Waals surface area contributed by atoms with Gasteiger partial charge in [0.2, 0.25) is 5.91 Å². The number of cyclic esters (lactones) is 1. The molecule has 1 aromatic heterocycles. The van der Waals surface area contributed by atoms with Gasteiger partial charge in [-0.3, -0.25) is 14.4 Å². The summed E-state index contributed by atoms with van der Waals surface area (Å²) in [5.74, 6) is -0.631. The van der Waals surface area contributed by atoms with E-state index in [9.17, 15) is 19.2 Å². The zero-order chi connectivity index (χ0) is 31.5. The molecule has 0 spiro atoms. The lowest BCUT2D eigenvalue weighted by atomic mass is 10.00. The number of aromatic nitrogens is 1. The summed E-state index contributed by atoms with van der Waals surface area (Å²) in [6.45, 7) is 4.54. The summed E-state index contributed by atoms with van der Waals surface area (Å²) < 4.78 is 22.1. The highest BCUT2D eigenvalue weighted by Gasteiger charge is 2.36. The van der Waals surface area contributed by atoms with E-state index in [0.29, 0.717) is 47.9 Å². The molecule has 0 radical (unpaired) electrons. The summed E-state index contributed by atoms with van der Waals surface area (Å²) in [5, 5.41) is 6.81. The van der Waals surface area contributed by atoms with Crippen LogP contribution in [-0.2, 0) is 19.1 Å². The van der Waals surface area contributed by atoms with Crippen LogP contribution in [0.15, 0.2) is 59.3 Å². The standard InChI is InChI=1S/C34H37N3O8/c1-20-29(19-43-36-20)32(39)35-21(2)31(24-9-7-23(8-10-24)22-5-6-22)44-27-13-11-25(12-14-27)34(41)45-28-4-3-15-37(17-28)33(40)26-16-30(38)42-18-26/h7-14,19,21-22,26,28,31H,3-6,15-18H2,1-2H3,(H,35,39)/t21-,26+,28-,31-/m0/s1. The molecule has 1 aliphatic carbocycles. The van der Waals surface area contributed by atoms with Gasteiger partial charge in [-0.25, -0.2) is 4.79 Å². The minimum Gasteiger partial charge on any atom is -0.484 e. The van der Waals surface area contributed by atoms with E-state index in [-0.39, 0.29) is 37.4 Å².